The van der Waals surface area contributed by atoms with Gasteiger partial charge in [0.05, 0.1) is 11.3 Å². The Morgan fingerprint density at radius 2 is 2.09 bits per heavy atom. The third kappa shape index (κ3) is 4.29. The molecule has 2 aromatic rings. The number of hydrogen-bond acceptors (Lipinski definition) is 3. The molecule has 0 heterocycles. The molecule has 0 saturated carbocycles. The molecule has 0 radical (unpaired) electrons. The fraction of sp³-hybridized carbons (Fsp3) is 0.0667. The highest BCUT2D eigenvalue weighted by Crippen LogP contribution is 2.22. The maximum absolute atomic E-state index is 13.5. The lowest BCUT2D eigenvalue weighted by Gasteiger charge is -2.10. The first-order valence-corrected chi connectivity index (χ1v) is 7.29. The van der Waals surface area contributed by atoms with Crippen molar-refractivity contribution in [1.29, 1.82) is 0 Å². The van der Waals surface area contributed by atoms with Gasteiger partial charge in [0.1, 0.15) is 11.6 Å². The third-order valence-electron chi connectivity index (χ3n) is 2.66. The van der Waals surface area contributed by atoms with E-state index in [-0.39, 0.29) is 23.1 Å². The first-order chi connectivity index (χ1) is 10.5. The zero-order chi connectivity index (χ0) is 16.1. The van der Waals surface area contributed by atoms with Crippen molar-refractivity contribution in [3.8, 4) is 5.75 Å². The molecule has 1 N–H and O–H groups in total. The lowest BCUT2D eigenvalue weighted by molar-refractivity contribution is -0.118. The highest BCUT2D eigenvalue weighted by Gasteiger charge is 2.10. The van der Waals surface area contributed by atoms with Crippen LogP contribution in [-0.2, 0) is 4.79 Å². The standard InChI is InChI=1S/C15H10BrClFNO3/c16-10-1-4-14(9(5-10)7-20)22-8-15(21)19-13-3-2-11(17)6-12(13)18/h1-7H,8H2,(H,19,21). The van der Waals surface area contributed by atoms with Crippen molar-refractivity contribution in [2.75, 3.05) is 11.9 Å². The van der Waals surface area contributed by atoms with Gasteiger partial charge in [-0.1, -0.05) is 27.5 Å². The number of carbonyl (C=O) groups is 2. The van der Waals surface area contributed by atoms with Gasteiger partial charge in [-0.05, 0) is 36.4 Å². The largest absolute Gasteiger partial charge is 0.483 e. The van der Waals surface area contributed by atoms with E-state index in [0.29, 0.717) is 11.8 Å². The SMILES string of the molecule is O=Cc1cc(Br)ccc1OCC(=O)Nc1ccc(Cl)cc1F. The minimum absolute atomic E-state index is 0.00409. The molecule has 0 atom stereocenters. The number of halogens is 3. The number of nitrogens with one attached hydrogen (secondary N) is 1. The Labute approximate surface area is 139 Å². The van der Waals surface area contributed by atoms with E-state index in [2.05, 4.69) is 21.2 Å². The fourth-order valence-corrected chi connectivity index (χ4v) is 2.20. The van der Waals surface area contributed by atoms with Gasteiger partial charge in [0.25, 0.3) is 5.91 Å². The number of ether oxygens (including phenoxy) is 1. The van der Waals surface area contributed by atoms with Crippen LogP contribution in [0.1, 0.15) is 10.4 Å². The quantitative estimate of drug-likeness (QED) is 0.788. The van der Waals surface area contributed by atoms with Gasteiger partial charge >= 0.3 is 0 Å². The summed E-state index contributed by atoms with van der Waals surface area (Å²) >= 11 is 8.86. The van der Waals surface area contributed by atoms with E-state index in [1.807, 2.05) is 0 Å². The van der Waals surface area contributed by atoms with Crippen molar-refractivity contribution in [2.24, 2.45) is 0 Å². The van der Waals surface area contributed by atoms with Crippen molar-refractivity contribution in [2.45, 2.75) is 0 Å². The average molecular weight is 387 g/mol. The van der Waals surface area contributed by atoms with Crippen LogP contribution in [0.4, 0.5) is 10.1 Å². The Morgan fingerprint density at radius 3 is 2.77 bits per heavy atom. The van der Waals surface area contributed by atoms with Gasteiger partial charge < -0.3 is 10.1 Å². The molecule has 0 spiro atoms. The smallest absolute Gasteiger partial charge is 0.262 e. The summed E-state index contributed by atoms with van der Waals surface area (Å²) in [7, 11) is 0. The molecule has 0 aliphatic carbocycles. The van der Waals surface area contributed by atoms with Crippen LogP contribution in [0.3, 0.4) is 0 Å². The first-order valence-electron chi connectivity index (χ1n) is 6.12. The normalized spacial score (nSPS) is 10.1. The minimum Gasteiger partial charge on any atom is -0.483 e. The topological polar surface area (TPSA) is 55.4 Å². The van der Waals surface area contributed by atoms with Crippen molar-refractivity contribution < 1.29 is 18.7 Å². The van der Waals surface area contributed by atoms with Gasteiger partial charge in [-0.15, -0.1) is 0 Å². The molecule has 0 fully saturated rings. The number of anilines is 1. The lowest BCUT2D eigenvalue weighted by atomic mass is 10.2. The summed E-state index contributed by atoms with van der Waals surface area (Å²) in [6.45, 7) is -0.357. The van der Waals surface area contributed by atoms with Gasteiger partial charge in [0.2, 0.25) is 0 Å². The monoisotopic (exact) mass is 385 g/mol. The maximum Gasteiger partial charge on any atom is 0.262 e. The highest BCUT2D eigenvalue weighted by molar-refractivity contribution is 9.10. The Kier molecular flexibility index (Phi) is 5.51. The first kappa shape index (κ1) is 16.5. The van der Waals surface area contributed by atoms with Crippen molar-refractivity contribution >= 4 is 45.4 Å². The summed E-state index contributed by atoms with van der Waals surface area (Å²) in [5, 5.41) is 2.59. The van der Waals surface area contributed by atoms with Gasteiger partial charge in [0, 0.05) is 9.50 Å². The summed E-state index contributed by atoms with van der Waals surface area (Å²) in [6, 6.07) is 8.71. The lowest BCUT2D eigenvalue weighted by Crippen LogP contribution is -2.21. The molecule has 2 rings (SSSR count). The van der Waals surface area contributed by atoms with Gasteiger partial charge in [-0.2, -0.15) is 0 Å². The highest BCUT2D eigenvalue weighted by atomic mass is 79.9. The number of rotatable bonds is 5. The number of benzene rings is 2. The third-order valence-corrected chi connectivity index (χ3v) is 3.39. The summed E-state index contributed by atoms with van der Waals surface area (Å²) < 4.78 is 19.5. The van der Waals surface area contributed by atoms with E-state index < -0.39 is 11.7 Å². The second-order valence-electron chi connectivity index (χ2n) is 4.26. The van der Waals surface area contributed by atoms with E-state index in [1.54, 1.807) is 18.2 Å². The molecule has 2 aromatic carbocycles. The Balaban J connectivity index is 2.00. The van der Waals surface area contributed by atoms with Crippen LogP contribution in [0.2, 0.25) is 5.02 Å². The predicted molar refractivity (Wildman–Crippen MR) is 85.1 cm³/mol. The molecule has 0 aromatic heterocycles. The van der Waals surface area contributed by atoms with Gasteiger partial charge in [-0.3, -0.25) is 9.59 Å². The molecule has 22 heavy (non-hydrogen) atoms. The Bertz CT molecular complexity index is 724. The molecule has 0 bridgehead atoms. The van der Waals surface area contributed by atoms with Gasteiger partial charge in [0.15, 0.2) is 12.9 Å². The summed E-state index contributed by atoms with van der Waals surface area (Å²) in [5.41, 5.74) is 0.310. The summed E-state index contributed by atoms with van der Waals surface area (Å²) in [4.78, 5) is 22.7. The van der Waals surface area contributed by atoms with E-state index in [1.165, 1.54) is 12.1 Å². The van der Waals surface area contributed by atoms with Crippen LogP contribution in [0.25, 0.3) is 0 Å². The van der Waals surface area contributed by atoms with Crippen molar-refractivity contribution in [1.82, 2.24) is 0 Å². The average Bonchev–Trinajstić information content (AvgIpc) is 2.48. The summed E-state index contributed by atoms with van der Waals surface area (Å²) in [6.07, 6.45) is 0.622. The zero-order valence-corrected chi connectivity index (χ0v) is 13.4. The van der Waals surface area contributed by atoms with Crippen LogP contribution in [0.5, 0.6) is 5.75 Å². The molecular weight excluding hydrogens is 377 g/mol. The second kappa shape index (κ2) is 7.38. The molecule has 7 heteroatoms. The molecule has 0 aliphatic heterocycles. The van der Waals surface area contributed by atoms with E-state index in [9.17, 15) is 14.0 Å². The minimum atomic E-state index is -0.641. The summed E-state index contributed by atoms with van der Waals surface area (Å²) in [5.74, 6) is -0.927. The molecule has 1 amide bonds. The zero-order valence-electron chi connectivity index (χ0n) is 11.1. The number of amides is 1. The van der Waals surface area contributed by atoms with Crippen LogP contribution < -0.4 is 10.1 Å². The molecule has 0 aliphatic rings. The predicted octanol–water partition coefficient (Wildman–Crippen LogP) is 4.07. The number of carbonyl (C=O) groups excluding carboxylic acids is 2. The Hall–Kier alpha value is -1.92. The molecular formula is C15H10BrClFNO3. The van der Waals surface area contributed by atoms with E-state index in [4.69, 9.17) is 16.3 Å². The fourth-order valence-electron chi connectivity index (χ4n) is 1.66. The van der Waals surface area contributed by atoms with Crippen LogP contribution in [0, 0.1) is 5.82 Å². The van der Waals surface area contributed by atoms with Crippen LogP contribution >= 0.6 is 27.5 Å². The number of hydrogen-bond donors (Lipinski definition) is 1. The maximum atomic E-state index is 13.5. The van der Waals surface area contributed by atoms with Crippen LogP contribution in [-0.4, -0.2) is 18.8 Å². The van der Waals surface area contributed by atoms with E-state index >= 15 is 0 Å². The number of aldehydes is 1. The van der Waals surface area contributed by atoms with Crippen LogP contribution in [0.15, 0.2) is 40.9 Å². The Morgan fingerprint density at radius 1 is 1.32 bits per heavy atom. The van der Waals surface area contributed by atoms with E-state index in [0.717, 1.165) is 10.5 Å². The molecule has 114 valence electrons. The van der Waals surface area contributed by atoms with Gasteiger partial charge in [-0.25, -0.2) is 4.39 Å². The molecule has 0 unspecified atom stereocenters. The molecule has 0 saturated heterocycles. The molecule has 4 nitrogen and oxygen atoms in total. The van der Waals surface area contributed by atoms with Crippen molar-refractivity contribution in [3.05, 3.63) is 57.3 Å². The second-order valence-corrected chi connectivity index (χ2v) is 5.61. The van der Waals surface area contributed by atoms with Crippen molar-refractivity contribution in [3.63, 3.8) is 0 Å².